The number of carbonyl (C=O) groups is 1. The van der Waals surface area contributed by atoms with Crippen LogP contribution in [0.5, 0.6) is 0 Å². The standard InChI is InChI=1S/C21H20FNO2/c22-18-9-5-4-8-17(18)14-19-20(15-10-12-23(19)13-11-15)25-21(24)16-6-2-1-3-7-16/h1-9,14-15,20H,10-13H2/b19-14-/t20-/m0/s1. The normalized spacial score (nSPS) is 23.7. The molecule has 3 fully saturated rings. The first kappa shape index (κ1) is 15.9. The van der Waals surface area contributed by atoms with Crippen molar-refractivity contribution in [2.24, 2.45) is 5.92 Å². The maximum atomic E-state index is 14.1. The quantitative estimate of drug-likeness (QED) is 0.789. The van der Waals surface area contributed by atoms with Crippen molar-refractivity contribution in [3.63, 3.8) is 0 Å². The lowest BCUT2D eigenvalue weighted by Crippen LogP contribution is -2.50. The van der Waals surface area contributed by atoms with Crippen molar-refractivity contribution in [1.82, 2.24) is 4.90 Å². The lowest BCUT2D eigenvalue weighted by molar-refractivity contribution is -0.0161. The van der Waals surface area contributed by atoms with Crippen LogP contribution in [-0.4, -0.2) is 30.1 Å². The summed E-state index contributed by atoms with van der Waals surface area (Å²) in [6.07, 6.45) is 3.53. The minimum atomic E-state index is -0.321. The van der Waals surface area contributed by atoms with E-state index >= 15 is 0 Å². The minimum Gasteiger partial charge on any atom is -0.452 e. The molecule has 3 heterocycles. The molecule has 0 N–H and O–H groups in total. The Labute approximate surface area is 146 Å². The van der Waals surface area contributed by atoms with Crippen molar-refractivity contribution in [3.05, 3.63) is 77.2 Å². The van der Waals surface area contributed by atoms with E-state index in [2.05, 4.69) is 4.90 Å². The minimum absolute atomic E-state index is 0.259. The van der Waals surface area contributed by atoms with Gasteiger partial charge in [-0.1, -0.05) is 36.4 Å². The molecule has 4 heteroatoms. The molecule has 25 heavy (non-hydrogen) atoms. The van der Waals surface area contributed by atoms with Crippen LogP contribution in [0.3, 0.4) is 0 Å². The molecule has 3 aliphatic heterocycles. The lowest BCUT2D eigenvalue weighted by Gasteiger charge is -2.47. The molecule has 3 nitrogen and oxygen atoms in total. The van der Waals surface area contributed by atoms with Gasteiger partial charge in [-0.05, 0) is 37.1 Å². The SMILES string of the molecule is O=C(O[C@@H]1/C(=C/c2ccccc2F)N2CCC1CC2)c1ccccc1. The van der Waals surface area contributed by atoms with Crippen LogP contribution in [0.15, 0.2) is 60.3 Å². The number of hydrogen-bond acceptors (Lipinski definition) is 3. The van der Waals surface area contributed by atoms with Crippen molar-refractivity contribution in [2.45, 2.75) is 18.9 Å². The molecule has 3 aliphatic rings. The average molecular weight is 337 g/mol. The lowest BCUT2D eigenvalue weighted by atomic mass is 9.82. The van der Waals surface area contributed by atoms with Crippen LogP contribution in [0.1, 0.15) is 28.8 Å². The molecular formula is C21H20FNO2. The number of rotatable bonds is 3. The zero-order valence-electron chi connectivity index (χ0n) is 13.9. The third kappa shape index (κ3) is 3.16. The predicted molar refractivity (Wildman–Crippen MR) is 94.3 cm³/mol. The smallest absolute Gasteiger partial charge is 0.338 e. The van der Waals surface area contributed by atoms with Gasteiger partial charge in [-0.15, -0.1) is 0 Å². The third-order valence-corrected chi connectivity index (χ3v) is 5.08. The van der Waals surface area contributed by atoms with Gasteiger partial charge >= 0.3 is 5.97 Å². The van der Waals surface area contributed by atoms with Crippen molar-refractivity contribution in [2.75, 3.05) is 13.1 Å². The Morgan fingerprint density at radius 2 is 1.72 bits per heavy atom. The van der Waals surface area contributed by atoms with E-state index in [0.29, 0.717) is 17.0 Å². The summed E-state index contributed by atoms with van der Waals surface area (Å²) in [5, 5.41) is 0. The maximum Gasteiger partial charge on any atom is 0.338 e. The zero-order chi connectivity index (χ0) is 17.2. The third-order valence-electron chi connectivity index (χ3n) is 5.08. The van der Waals surface area contributed by atoms with Crippen molar-refractivity contribution in [1.29, 1.82) is 0 Å². The van der Waals surface area contributed by atoms with Crippen LogP contribution < -0.4 is 0 Å². The number of carbonyl (C=O) groups excluding carboxylic acids is 1. The summed E-state index contributed by atoms with van der Waals surface area (Å²) < 4.78 is 19.9. The summed E-state index contributed by atoms with van der Waals surface area (Å²) >= 11 is 0. The van der Waals surface area contributed by atoms with Gasteiger partial charge < -0.3 is 9.64 Å². The highest BCUT2D eigenvalue weighted by atomic mass is 19.1. The Morgan fingerprint density at radius 3 is 2.44 bits per heavy atom. The van der Waals surface area contributed by atoms with Gasteiger partial charge in [-0.3, -0.25) is 0 Å². The second kappa shape index (κ2) is 6.71. The van der Waals surface area contributed by atoms with Gasteiger partial charge in [-0.2, -0.15) is 0 Å². The van der Waals surface area contributed by atoms with E-state index in [1.54, 1.807) is 24.3 Å². The van der Waals surface area contributed by atoms with Crippen molar-refractivity contribution < 1.29 is 13.9 Å². The fraction of sp³-hybridized carbons (Fsp3) is 0.286. The summed E-state index contributed by atoms with van der Waals surface area (Å²) in [5.41, 5.74) is 1.99. The van der Waals surface area contributed by atoms with E-state index in [1.165, 1.54) is 6.07 Å². The van der Waals surface area contributed by atoms with Crippen LogP contribution in [0, 0.1) is 11.7 Å². The number of ether oxygens (including phenoxy) is 1. The Kier molecular flexibility index (Phi) is 4.26. The van der Waals surface area contributed by atoms with Crippen molar-refractivity contribution in [3.8, 4) is 0 Å². The highest BCUT2D eigenvalue weighted by molar-refractivity contribution is 5.89. The maximum absolute atomic E-state index is 14.1. The summed E-state index contributed by atoms with van der Waals surface area (Å²) in [6.45, 7) is 1.87. The second-order valence-corrected chi connectivity index (χ2v) is 6.61. The van der Waals surface area contributed by atoms with Gasteiger partial charge in [0.25, 0.3) is 0 Å². The Hall–Kier alpha value is -2.62. The number of halogens is 1. The molecule has 128 valence electrons. The summed E-state index contributed by atoms with van der Waals surface area (Å²) in [6, 6.07) is 15.7. The Morgan fingerprint density at radius 1 is 1.04 bits per heavy atom. The molecule has 0 amide bonds. The van der Waals surface area contributed by atoms with Gasteiger partial charge in [0.1, 0.15) is 11.9 Å². The number of benzene rings is 2. The van der Waals surface area contributed by atoms with E-state index in [0.717, 1.165) is 31.6 Å². The molecule has 0 unspecified atom stereocenters. The Bertz CT molecular complexity index is 795. The van der Waals surface area contributed by atoms with Crippen LogP contribution >= 0.6 is 0 Å². The zero-order valence-corrected chi connectivity index (χ0v) is 13.9. The number of piperidine rings is 3. The fourth-order valence-electron chi connectivity index (χ4n) is 3.72. The van der Waals surface area contributed by atoms with Gasteiger partial charge in [-0.25, -0.2) is 9.18 Å². The first-order chi connectivity index (χ1) is 12.2. The number of fused-ring (bicyclic) bond motifs is 3. The summed E-state index contributed by atoms with van der Waals surface area (Å²) in [5.74, 6) is -0.278. The molecule has 2 bridgehead atoms. The van der Waals surface area contributed by atoms with E-state index in [4.69, 9.17) is 4.74 Å². The molecule has 3 saturated heterocycles. The number of hydrogen-bond donors (Lipinski definition) is 0. The van der Waals surface area contributed by atoms with Gasteiger partial charge in [0.05, 0.1) is 11.3 Å². The van der Waals surface area contributed by atoms with E-state index in [1.807, 2.05) is 30.3 Å². The van der Waals surface area contributed by atoms with E-state index in [-0.39, 0.29) is 17.9 Å². The molecular weight excluding hydrogens is 317 g/mol. The topological polar surface area (TPSA) is 29.5 Å². The highest BCUT2D eigenvalue weighted by Crippen LogP contribution is 2.38. The Balaban J connectivity index is 1.64. The molecule has 2 aromatic rings. The first-order valence-electron chi connectivity index (χ1n) is 8.69. The molecule has 0 aliphatic carbocycles. The number of nitrogens with zero attached hydrogens (tertiary/aromatic N) is 1. The highest BCUT2D eigenvalue weighted by Gasteiger charge is 2.40. The first-order valence-corrected chi connectivity index (χ1v) is 8.69. The molecule has 5 rings (SSSR count). The van der Waals surface area contributed by atoms with Gasteiger partial charge in [0.15, 0.2) is 0 Å². The molecule has 0 saturated carbocycles. The molecule has 2 aromatic carbocycles. The van der Waals surface area contributed by atoms with E-state index in [9.17, 15) is 9.18 Å². The fourth-order valence-corrected chi connectivity index (χ4v) is 3.72. The summed E-state index contributed by atoms with van der Waals surface area (Å²) in [4.78, 5) is 14.7. The average Bonchev–Trinajstić information content (AvgIpc) is 2.66. The molecule has 0 radical (unpaired) electrons. The molecule has 1 atom stereocenters. The second-order valence-electron chi connectivity index (χ2n) is 6.61. The van der Waals surface area contributed by atoms with Crippen molar-refractivity contribution >= 4 is 12.0 Å². The van der Waals surface area contributed by atoms with Crippen LogP contribution in [0.25, 0.3) is 6.08 Å². The van der Waals surface area contributed by atoms with E-state index < -0.39 is 0 Å². The predicted octanol–water partition coefficient (Wildman–Crippen LogP) is 4.12. The monoisotopic (exact) mass is 337 g/mol. The van der Waals surface area contributed by atoms with Crippen LogP contribution in [0.2, 0.25) is 0 Å². The summed E-state index contributed by atoms with van der Waals surface area (Å²) in [7, 11) is 0. The van der Waals surface area contributed by atoms with Crippen LogP contribution in [-0.2, 0) is 4.74 Å². The molecule has 0 aromatic heterocycles. The van der Waals surface area contributed by atoms with Crippen LogP contribution in [0.4, 0.5) is 4.39 Å². The largest absolute Gasteiger partial charge is 0.452 e. The number of esters is 1. The van der Waals surface area contributed by atoms with Gasteiger partial charge in [0, 0.05) is 24.6 Å². The van der Waals surface area contributed by atoms with Gasteiger partial charge in [0.2, 0.25) is 0 Å². The molecule has 0 spiro atoms.